The van der Waals surface area contributed by atoms with Crippen LogP contribution < -0.4 is 20.3 Å². The lowest BCUT2D eigenvalue weighted by atomic mass is 10.0. The highest BCUT2D eigenvalue weighted by molar-refractivity contribution is 6.16. The Labute approximate surface area is 220 Å². The Morgan fingerprint density at radius 2 is 1.71 bits per heavy atom. The largest absolute Gasteiger partial charge is 0.497 e. The summed E-state index contributed by atoms with van der Waals surface area (Å²) in [4.78, 5) is 52.5. The van der Waals surface area contributed by atoms with Gasteiger partial charge >= 0.3 is 5.97 Å². The molecule has 0 radical (unpaired) electrons. The maximum absolute atomic E-state index is 13.4. The summed E-state index contributed by atoms with van der Waals surface area (Å²) in [5.41, 5.74) is 2.54. The van der Waals surface area contributed by atoms with E-state index in [1.807, 2.05) is 0 Å². The third-order valence-electron chi connectivity index (χ3n) is 5.87. The van der Waals surface area contributed by atoms with Gasteiger partial charge in [-0.3, -0.25) is 19.3 Å². The van der Waals surface area contributed by atoms with E-state index in [0.717, 1.165) is 5.56 Å². The van der Waals surface area contributed by atoms with E-state index in [1.54, 1.807) is 80.8 Å². The first kappa shape index (κ1) is 26.2. The van der Waals surface area contributed by atoms with E-state index >= 15 is 0 Å². The molecule has 3 amide bonds. The van der Waals surface area contributed by atoms with E-state index in [2.05, 4.69) is 10.6 Å². The van der Waals surface area contributed by atoms with Crippen LogP contribution in [0.25, 0.3) is 6.08 Å². The predicted molar refractivity (Wildman–Crippen MR) is 144 cm³/mol. The highest BCUT2D eigenvalue weighted by Crippen LogP contribution is 2.33. The molecule has 2 N–H and O–H groups in total. The number of carbonyl (C=O) groups is 4. The van der Waals surface area contributed by atoms with Gasteiger partial charge in [0.1, 0.15) is 11.8 Å². The molecule has 0 saturated heterocycles. The molecule has 0 fully saturated rings. The molecule has 9 nitrogen and oxygen atoms in total. The van der Waals surface area contributed by atoms with Gasteiger partial charge in [-0.15, -0.1) is 0 Å². The Balaban J connectivity index is 1.52. The number of carbonyl (C=O) groups excluding carboxylic acids is 4. The van der Waals surface area contributed by atoms with Crippen molar-refractivity contribution in [3.05, 3.63) is 90.0 Å². The van der Waals surface area contributed by atoms with Gasteiger partial charge in [0.05, 0.1) is 37.1 Å². The van der Waals surface area contributed by atoms with E-state index in [1.165, 1.54) is 23.1 Å². The summed E-state index contributed by atoms with van der Waals surface area (Å²) in [6.07, 6.45) is 2.73. The average Bonchev–Trinajstić information content (AvgIpc) is 2.93. The van der Waals surface area contributed by atoms with E-state index in [0.29, 0.717) is 28.4 Å². The molecule has 1 unspecified atom stereocenters. The van der Waals surface area contributed by atoms with Crippen LogP contribution in [0.1, 0.15) is 29.3 Å². The molecule has 4 rings (SSSR count). The first-order valence-electron chi connectivity index (χ1n) is 12.0. The van der Waals surface area contributed by atoms with Crippen molar-refractivity contribution in [2.45, 2.75) is 19.4 Å². The Hall–Kier alpha value is -4.92. The van der Waals surface area contributed by atoms with Gasteiger partial charge in [-0.05, 0) is 67.1 Å². The van der Waals surface area contributed by atoms with Crippen molar-refractivity contribution in [3.8, 4) is 5.75 Å². The van der Waals surface area contributed by atoms with Gasteiger partial charge in [-0.2, -0.15) is 0 Å². The third-order valence-corrected chi connectivity index (χ3v) is 5.87. The van der Waals surface area contributed by atoms with Crippen molar-refractivity contribution in [1.29, 1.82) is 0 Å². The Bertz CT molecular complexity index is 1370. The second kappa shape index (κ2) is 11.9. The topological polar surface area (TPSA) is 114 Å². The number of esters is 1. The van der Waals surface area contributed by atoms with Crippen LogP contribution in [0.3, 0.4) is 0 Å². The van der Waals surface area contributed by atoms with Crippen LogP contribution in [0.2, 0.25) is 0 Å². The second-order valence-electron chi connectivity index (χ2n) is 8.39. The van der Waals surface area contributed by atoms with Crippen molar-refractivity contribution in [2.75, 3.05) is 29.3 Å². The number of rotatable bonds is 8. The van der Waals surface area contributed by atoms with Gasteiger partial charge in [-0.25, -0.2) is 4.79 Å². The third kappa shape index (κ3) is 6.07. The summed E-state index contributed by atoms with van der Waals surface area (Å²) >= 11 is 0. The Kier molecular flexibility index (Phi) is 8.17. The number of amides is 3. The second-order valence-corrected chi connectivity index (χ2v) is 8.39. The predicted octanol–water partition coefficient (Wildman–Crippen LogP) is 4.27. The van der Waals surface area contributed by atoms with Crippen molar-refractivity contribution in [2.24, 2.45) is 0 Å². The number of hydrogen-bond acceptors (Lipinski definition) is 6. The number of nitrogens with one attached hydrogen (secondary N) is 2. The van der Waals surface area contributed by atoms with Crippen molar-refractivity contribution in [1.82, 2.24) is 0 Å². The number of anilines is 3. The monoisotopic (exact) mass is 513 g/mol. The zero-order valence-corrected chi connectivity index (χ0v) is 21.0. The van der Waals surface area contributed by atoms with Gasteiger partial charge in [0, 0.05) is 11.8 Å². The van der Waals surface area contributed by atoms with Crippen LogP contribution in [0.15, 0.2) is 78.9 Å². The van der Waals surface area contributed by atoms with E-state index < -0.39 is 29.7 Å². The van der Waals surface area contributed by atoms with E-state index in [4.69, 9.17) is 9.47 Å². The van der Waals surface area contributed by atoms with Crippen LogP contribution in [-0.4, -0.2) is 43.4 Å². The SMILES string of the molecule is CCOC(=O)c1ccc(NC(=O)CC2C(=O)Nc3ccccc3N2C(=O)C=Cc2ccc(OC)cc2)cc1. The number of fused-ring (bicyclic) bond motifs is 1. The highest BCUT2D eigenvalue weighted by atomic mass is 16.5. The molecule has 38 heavy (non-hydrogen) atoms. The maximum Gasteiger partial charge on any atom is 0.338 e. The molecule has 3 aromatic carbocycles. The fourth-order valence-corrected chi connectivity index (χ4v) is 4.00. The highest BCUT2D eigenvalue weighted by Gasteiger charge is 2.37. The van der Waals surface area contributed by atoms with Gasteiger partial charge in [0.2, 0.25) is 11.8 Å². The van der Waals surface area contributed by atoms with Gasteiger partial charge < -0.3 is 20.1 Å². The smallest absolute Gasteiger partial charge is 0.338 e. The summed E-state index contributed by atoms with van der Waals surface area (Å²) in [5, 5.41) is 5.50. The molecular formula is C29H27N3O6. The summed E-state index contributed by atoms with van der Waals surface area (Å²) in [5.74, 6) is -1.15. The zero-order valence-electron chi connectivity index (χ0n) is 21.0. The van der Waals surface area contributed by atoms with Crippen LogP contribution >= 0.6 is 0 Å². The normalized spacial score (nSPS) is 14.4. The lowest BCUT2D eigenvalue weighted by molar-refractivity contribution is -0.124. The molecule has 0 spiro atoms. The summed E-state index contributed by atoms with van der Waals surface area (Å²) < 4.78 is 10.1. The molecule has 1 aliphatic heterocycles. The molecule has 3 aromatic rings. The Morgan fingerprint density at radius 3 is 2.39 bits per heavy atom. The molecular weight excluding hydrogens is 486 g/mol. The molecule has 0 aromatic heterocycles. The number of nitrogens with zero attached hydrogens (tertiary/aromatic N) is 1. The first-order valence-corrected chi connectivity index (χ1v) is 12.0. The van der Waals surface area contributed by atoms with Crippen LogP contribution in [0, 0.1) is 0 Å². The summed E-state index contributed by atoms with van der Waals surface area (Å²) in [6.45, 7) is 1.98. The molecule has 1 aliphatic rings. The van der Waals surface area contributed by atoms with E-state index in [-0.39, 0.29) is 13.0 Å². The molecule has 0 bridgehead atoms. The number of hydrogen-bond donors (Lipinski definition) is 2. The number of para-hydroxylation sites is 2. The Morgan fingerprint density at radius 1 is 1.00 bits per heavy atom. The molecule has 1 heterocycles. The molecule has 0 saturated carbocycles. The summed E-state index contributed by atoms with van der Waals surface area (Å²) in [7, 11) is 1.57. The lowest BCUT2D eigenvalue weighted by Gasteiger charge is -2.35. The minimum Gasteiger partial charge on any atom is -0.497 e. The minimum absolute atomic E-state index is 0.258. The average molecular weight is 514 g/mol. The zero-order chi connectivity index (χ0) is 27.1. The quantitative estimate of drug-likeness (QED) is 0.344. The van der Waals surface area contributed by atoms with Crippen LogP contribution in [-0.2, 0) is 19.1 Å². The molecule has 9 heteroatoms. The minimum atomic E-state index is -1.07. The maximum atomic E-state index is 13.4. The van der Waals surface area contributed by atoms with Crippen molar-refractivity contribution in [3.63, 3.8) is 0 Å². The fourth-order valence-electron chi connectivity index (χ4n) is 4.00. The number of benzene rings is 3. The number of methoxy groups -OCH3 is 1. The van der Waals surface area contributed by atoms with Crippen LogP contribution in [0.5, 0.6) is 5.75 Å². The van der Waals surface area contributed by atoms with Crippen molar-refractivity contribution < 1.29 is 28.7 Å². The first-order chi connectivity index (χ1) is 18.4. The molecule has 1 atom stereocenters. The van der Waals surface area contributed by atoms with Gasteiger partial charge in [0.15, 0.2) is 0 Å². The summed E-state index contributed by atoms with van der Waals surface area (Å²) in [6, 6.07) is 19.2. The fraction of sp³-hybridized carbons (Fsp3) is 0.172. The number of ether oxygens (including phenoxy) is 2. The van der Waals surface area contributed by atoms with Crippen LogP contribution in [0.4, 0.5) is 17.1 Å². The van der Waals surface area contributed by atoms with Crippen molar-refractivity contribution >= 4 is 46.8 Å². The standard InChI is InChI=1S/C29H27N3O6/c1-3-38-29(36)20-11-13-21(14-12-20)30-26(33)18-25-28(35)31-23-6-4-5-7-24(23)32(25)27(34)17-10-19-8-15-22(37-2)16-9-19/h4-17,25H,3,18H2,1-2H3,(H,30,33)(H,31,35). The molecule has 0 aliphatic carbocycles. The van der Waals surface area contributed by atoms with Gasteiger partial charge in [0.25, 0.3) is 5.91 Å². The molecule has 194 valence electrons. The van der Waals surface area contributed by atoms with Gasteiger partial charge in [-0.1, -0.05) is 24.3 Å². The van der Waals surface area contributed by atoms with E-state index in [9.17, 15) is 19.2 Å². The lowest BCUT2D eigenvalue weighted by Crippen LogP contribution is -2.52.